The molecule has 1 heterocycles. The van der Waals surface area contributed by atoms with Gasteiger partial charge in [-0.3, -0.25) is 0 Å². The van der Waals surface area contributed by atoms with Crippen molar-refractivity contribution in [3.05, 3.63) is 64.4 Å². The average Bonchev–Trinajstić information content (AvgIpc) is 2.92. The molecule has 4 heteroatoms. The van der Waals surface area contributed by atoms with Gasteiger partial charge < -0.3 is 4.57 Å². The van der Waals surface area contributed by atoms with Crippen LogP contribution in [0, 0.1) is 11.3 Å². The Bertz CT molecular complexity index is 900. The van der Waals surface area contributed by atoms with Crippen LogP contribution >= 0.6 is 15.9 Å². The lowest BCUT2D eigenvalue weighted by Gasteiger charge is -2.05. The maximum absolute atomic E-state index is 9.59. The van der Waals surface area contributed by atoms with Crippen molar-refractivity contribution in [1.82, 2.24) is 9.55 Å². The van der Waals surface area contributed by atoms with Gasteiger partial charge in [0.15, 0.2) is 5.82 Å². The molecule has 1 aromatic heterocycles. The smallest absolute Gasteiger partial charge is 0.151 e. The molecule has 0 amide bonds. The summed E-state index contributed by atoms with van der Waals surface area (Å²) in [5, 5.41) is 9.59. The Balaban J connectivity index is 2.20. The van der Waals surface area contributed by atoms with Crippen LogP contribution in [-0.2, 0) is 6.54 Å². The highest BCUT2D eigenvalue weighted by Crippen LogP contribution is 2.25. The van der Waals surface area contributed by atoms with E-state index in [1.165, 1.54) is 0 Å². The molecule has 0 unspecified atom stereocenters. The van der Waals surface area contributed by atoms with Crippen molar-refractivity contribution < 1.29 is 0 Å². The summed E-state index contributed by atoms with van der Waals surface area (Å²) in [6.45, 7) is 2.83. The van der Waals surface area contributed by atoms with E-state index in [9.17, 15) is 5.26 Å². The Morgan fingerprint density at radius 1 is 1.23 bits per heavy atom. The number of fused-ring (bicyclic) bond motifs is 1. The summed E-state index contributed by atoms with van der Waals surface area (Å²) in [4.78, 5) is 4.64. The van der Waals surface area contributed by atoms with Gasteiger partial charge in [-0.05, 0) is 36.8 Å². The summed E-state index contributed by atoms with van der Waals surface area (Å²) < 4.78 is 3.03. The number of nitriles is 1. The molecule has 0 radical (unpaired) electrons. The molecule has 3 rings (SSSR count). The maximum atomic E-state index is 9.59. The molecule has 0 N–H and O–H groups in total. The average molecular weight is 352 g/mol. The van der Waals surface area contributed by atoms with Crippen molar-refractivity contribution in [3.8, 4) is 6.07 Å². The zero-order valence-electron chi connectivity index (χ0n) is 12.1. The molecule has 2 aromatic carbocycles. The molecule has 0 aliphatic heterocycles. The van der Waals surface area contributed by atoms with Crippen LogP contribution < -0.4 is 0 Å². The molecular formula is C18H14BrN3. The Kier molecular flexibility index (Phi) is 4.08. The molecule has 0 fully saturated rings. The van der Waals surface area contributed by atoms with Crippen LogP contribution in [0.2, 0.25) is 0 Å². The highest BCUT2D eigenvalue weighted by atomic mass is 79.9. The van der Waals surface area contributed by atoms with E-state index in [1.807, 2.05) is 54.6 Å². The van der Waals surface area contributed by atoms with Gasteiger partial charge in [-0.1, -0.05) is 46.3 Å². The van der Waals surface area contributed by atoms with E-state index in [4.69, 9.17) is 0 Å². The number of aryl methyl sites for hydroxylation is 1. The fraction of sp³-hybridized carbons (Fsp3) is 0.111. The quantitative estimate of drug-likeness (QED) is 0.630. The second kappa shape index (κ2) is 6.17. The molecule has 0 saturated carbocycles. The Hall–Kier alpha value is -2.38. The third-order valence-corrected chi connectivity index (χ3v) is 4.26. The van der Waals surface area contributed by atoms with E-state index in [1.54, 1.807) is 0 Å². The van der Waals surface area contributed by atoms with E-state index in [-0.39, 0.29) is 0 Å². The fourth-order valence-corrected chi connectivity index (χ4v) is 2.89. The lowest BCUT2D eigenvalue weighted by Crippen LogP contribution is -2.00. The zero-order chi connectivity index (χ0) is 15.5. The molecule has 0 aliphatic carbocycles. The maximum Gasteiger partial charge on any atom is 0.151 e. The number of hydrogen-bond acceptors (Lipinski definition) is 2. The number of halogens is 1. The summed E-state index contributed by atoms with van der Waals surface area (Å²) >= 11 is 3.52. The minimum Gasteiger partial charge on any atom is -0.324 e. The van der Waals surface area contributed by atoms with Crippen molar-refractivity contribution in [1.29, 1.82) is 5.26 Å². The third kappa shape index (κ3) is 2.56. The highest BCUT2D eigenvalue weighted by molar-refractivity contribution is 9.10. The van der Waals surface area contributed by atoms with E-state index in [2.05, 4.69) is 38.5 Å². The topological polar surface area (TPSA) is 41.6 Å². The van der Waals surface area contributed by atoms with Crippen LogP contribution in [-0.4, -0.2) is 9.55 Å². The minimum absolute atomic E-state index is 0.560. The number of aromatic nitrogens is 2. The first-order valence-corrected chi connectivity index (χ1v) is 7.86. The number of rotatable bonds is 3. The largest absolute Gasteiger partial charge is 0.324 e. The first kappa shape index (κ1) is 14.6. The Labute approximate surface area is 137 Å². The lowest BCUT2D eigenvalue weighted by molar-refractivity contribution is 0.775. The number of hydrogen-bond donors (Lipinski definition) is 0. The first-order valence-electron chi connectivity index (χ1n) is 7.06. The summed E-state index contributed by atoms with van der Waals surface area (Å²) in [6.07, 6.45) is 1.87. The molecule has 0 aliphatic rings. The lowest BCUT2D eigenvalue weighted by atomic mass is 10.1. The summed E-state index contributed by atoms with van der Waals surface area (Å²) in [5.74, 6) is 0.710. The van der Waals surface area contributed by atoms with E-state index < -0.39 is 0 Å². The van der Waals surface area contributed by atoms with Crippen molar-refractivity contribution in [3.63, 3.8) is 0 Å². The molecule has 0 bridgehead atoms. The van der Waals surface area contributed by atoms with Gasteiger partial charge in [0.2, 0.25) is 0 Å². The number of nitrogens with zero attached hydrogens (tertiary/aromatic N) is 3. The predicted octanol–water partition coefficient (Wildman–Crippen LogP) is 4.88. The number of allylic oxidation sites excluding steroid dienone is 1. The van der Waals surface area contributed by atoms with Gasteiger partial charge in [0.1, 0.15) is 6.07 Å². The SMILES string of the molecule is CCn1c(/C(C#N)=C\c2ccccc2Br)nc2ccccc21. The second-order valence-corrected chi connectivity index (χ2v) is 5.71. The summed E-state index contributed by atoms with van der Waals surface area (Å²) in [5.41, 5.74) is 3.49. The normalized spacial score (nSPS) is 11.6. The van der Waals surface area contributed by atoms with Crippen LogP contribution in [0.1, 0.15) is 18.3 Å². The molecule has 108 valence electrons. The molecule has 0 saturated heterocycles. The van der Waals surface area contributed by atoms with Crippen LogP contribution in [0.15, 0.2) is 53.0 Å². The standard InChI is InChI=1S/C18H14BrN3/c1-2-22-17-10-6-5-9-16(17)21-18(22)14(12-20)11-13-7-3-4-8-15(13)19/h3-11H,2H2,1H3/b14-11-. The van der Waals surface area contributed by atoms with Gasteiger partial charge >= 0.3 is 0 Å². The molecule has 3 aromatic rings. The van der Waals surface area contributed by atoms with Crippen molar-refractivity contribution in [2.45, 2.75) is 13.5 Å². The highest BCUT2D eigenvalue weighted by Gasteiger charge is 2.13. The van der Waals surface area contributed by atoms with Crippen molar-refractivity contribution in [2.24, 2.45) is 0 Å². The summed E-state index contributed by atoms with van der Waals surface area (Å²) in [6, 6.07) is 18.1. The van der Waals surface area contributed by atoms with Crippen LogP contribution in [0.4, 0.5) is 0 Å². The van der Waals surface area contributed by atoms with E-state index >= 15 is 0 Å². The second-order valence-electron chi connectivity index (χ2n) is 4.86. The minimum atomic E-state index is 0.560. The van der Waals surface area contributed by atoms with Gasteiger partial charge in [-0.25, -0.2) is 4.98 Å². The first-order chi connectivity index (χ1) is 10.7. The molecule has 0 spiro atoms. The Morgan fingerprint density at radius 3 is 2.68 bits per heavy atom. The van der Waals surface area contributed by atoms with Crippen LogP contribution in [0.25, 0.3) is 22.7 Å². The third-order valence-electron chi connectivity index (χ3n) is 3.54. The number of para-hydroxylation sites is 2. The van der Waals surface area contributed by atoms with Crippen LogP contribution in [0.5, 0.6) is 0 Å². The van der Waals surface area contributed by atoms with Gasteiger partial charge in [0.05, 0.1) is 16.6 Å². The van der Waals surface area contributed by atoms with E-state index in [0.29, 0.717) is 11.4 Å². The van der Waals surface area contributed by atoms with Gasteiger partial charge in [-0.15, -0.1) is 0 Å². The summed E-state index contributed by atoms with van der Waals surface area (Å²) in [7, 11) is 0. The van der Waals surface area contributed by atoms with E-state index in [0.717, 1.165) is 27.6 Å². The molecular weight excluding hydrogens is 338 g/mol. The van der Waals surface area contributed by atoms with Gasteiger partial charge in [0, 0.05) is 11.0 Å². The van der Waals surface area contributed by atoms with Crippen molar-refractivity contribution in [2.75, 3.05) is 0 Å². The van der Waals surface area contributed by atoms with Gasteiger partial charge in [0.25, 0.3) is 0 Å². The van der Waals surface area contributed by atoms with Gasteiger partial charge in [-0.2, -0.15) is 5.26 Å². The Morgan fingerprint density at radius 2 is 1.95 bits per heavy atom. The van der Waals surface area contributed by atoms with Crippen molar-refractivity contribution >= 4 is 38.6 Å². The van der Waals surface area contributed by atoms with Crippen LogP contribution in [0.3, 0.4) is 0 Å². The molecule has 22 heavy (non-hydrogen) atoms. The predicted molar refractivity (Wildman–Crippen MR) is 93.0 cm³/mol. The molecule has 3 nitrogen and oxygen atoms in total. The fourth-order valence-electron chi connectivity index (χ4n) is 2.50. The molecule has 0 atom stereocenters. The number of benzene rings is 2. The zero-order valence-corrected chi connectivity index (χ0v) is 13.7. The number of imidazole rings is 1. The monoisotopic (exact) mass is 351 g/mol.